The Balaban J connectivity index is 1.43. The van der Waals surface area contributed by atoms with Crippen molar-refractivity contribution >= 4 is 23.4 Å². The Morgan fingerprint density at radius 2 is 1.76 bits per heavy atom. The summed E-state index contributed by atoms with van der Waals surface area (Å²) in [6.07, 6.45) is 1.60. The van der Waals surface area contributed by atoms with Crippen LogP contribution in [0.15, 0.2) is 48.5 Å². The average molecular weight is 470 g/mol. The zero-order valence-electron chi connectivity index (χ0n) is 19.1. The smallest absolute Gasteiger partial charge is 0.253 e. The number of aryl methyl sites for hydroxylation is 1. The highest BCUT2D eigenvalue weighted by Crippen LogP contribution is 2.22. The van der Waals surface area contributed by atoms with Gasteiger partial charge in [0.2, 0.25) is 5.91 Å². The Morgan fingerprint density at radius 3 is 2.45 bits per heavy atom. The Bertz CT molecular complexity index is 942. The van der Waals surface area contributed by atoms with E-state index in [0.717, 1.165) is 51.3 Å². The molecule has 2 amide bonds. The fraction of sp³-hybridized carbons (Fsp3) is 0.462. The Hall–Kier alpha value is -2.41. The number of rotatable bonds is 6. The molecular formula is C26H32ClN3O3. The van der Waals surface area contributed by atoms with Crippen molar-refractivity contribution in [3.8, 4) is 0 Å². The van der Waals surface area contributed by atoms with Crippen molar-refractivity contribution in [3.63, 3.8) is 0 Å². The highest BCUT2D eigenvalue weighted by Gasteiger charge is 2.31. The number of halogens is 1. The number of hydrogen-bond acceptors (Lipinski definition) is 4. The summed E-state index contributed by atoms with van der Waals surface area (Å²) in [5.41, 5.74) is 2.90. The van der Waals surface area contributed by atoms with Crippen molar-refractivity contribution in [2.24, 2.45) is 5.92 Å². The van der Waals surface area contributed by atoms with Crippen molar-refractivity contribution in [2.45, 2.75) is 25.8 Å². The van der Waals surface area contributed by atoms with Gasteiger partial charge < -0.3 is 15.0 Å². The largest absolute Gasteiger partial charge is 0.379 e. The van der Waals surface area contributed by atoms with Gasteiger partial charge in [-0.25, -0.2) is 0 Å². The maximum Gasteiger partial charge on any atom is 0.253 e. The monoisotopic (exact) mass is 469 g/mol. The summed E-state index contributed by atoms with van der Waals surface area (Å²) in [6.45, 7) is 7.09. The average Bonchev–Trinajstić information content (AvgIpc) is 2.85. The van der Waals surface area contributed by atoms with Gasteiger partial charge in [-0.2, -0.15) is 0 Å². The summed E-state index contributed by atoms with van der Waals surface area (Å²) >= 11 is 5.96. The summed E-state index contributed by atoms with van der Waals surface area (Å²) < 4.78 is 5.48. The van der Waals surface area contributed by atoms with E-state index in [-0.39, 0.29) is 23.8 Å². The molecule has 0 aliphatic carbocycles. The number of hydrogen-bond donors (Lipinski definition) is 1. The zero-order chi connectivity index (χ0) is 23.2. The quantitative estimate of drug-likeness (QED) is 0.700. The van der Waals surface area contributed by atoms with E-state index in [0.29, 0.717) is 23.7 Å². The van der Waals surface area contributed by atoms with Crippen LogP contribution in [-0.2, 0) is 9.53 Å². The van der Waals surface area contributed by atoms with Gasteiger partial charge >= 0.3 is 0 Å². The maximum atomic E-state index is 13.3. The van der Waals surface area contributed by atoms with E-state index >= 15 is 0 Å². The zero-order valence-corrected chi connectivity index (χ0v) is 19.9. The third-order valence-corrected chi connectivity index (χ3v) is 6.76. The molecule has 0 aromatic heterocycles. The van der Waals surface area contributed by atoms with Crippen LogP contribution in [0.4, 0.5) is 0 Å². The van der Waals surface area contributed by atoms with E-state index in [4.69, 9.17) is 16.3 Å². The van der Waals surface area contributed by atoms with Gasteiger partial charge in [-0.1, -0.05) is 41.4 Å². The fourth-order valence-corrected chi connectivity index (χ4v) is 4.64. The summed E-state index contributed by atoms with van der Waals surface area (Å²) in [5.74, 6) is -0.248. The first kappa shape index (κ1) is 23.7. The van der Waals surface area contributed by atoms with Gasteiger partial charge in [0.15, 0.2) is 0 Å². The molecule has 2 fully saturated rings. The molecule has 0 spiro atoms. The number of carbonyl (C=O) groups is 2. The van der Waals surface area contributed by atoms with Gasteiger partial charge in [-0.3, -0.25) is 14.5 Å². The molecule has 0 radical (unpaired) electrons. The lowest BCUT2D eigenvalue weighted by molar-refractivity contribution is -0.127. The van der Waals surface area contributed by atoms with Gasteiger partial charge in [0.05, 0.1) is 25.2 Å². The predicted molar refractivity (Wildman–Crippen MR) is 129 cm³/mol. The molecule has 33 heavy (non-hydrogen) atoms. The van der Waals surface area contributed by atoms with E-state index in [9.17, 15) is 9.59 Å². The van der Waals surface area contributed by atoms with Gasteiger partial charge in [0.25, 0.3) is 5.91 Å². The highest BCUT2D eigenvalue weighted by atomic mass is 35.5. The summed E-state index contributed by atoms with van der Waals surface area (Å²) in [5, 5.41) is 3.90. The molecule has 4 rings (SSSR count). The Kier molecular flexibility index (Phi) is 8.02. The number of benzene rings is 2. The first-order valence-electron chi connectivity index (χ1n) is 11.7. The predicted octanol–water partition coefficient (Wildman–Crippen LogP) is 3.69. The minimum atomic E-state index is -0.215. The lowest BCUT2D eigenvalue weighted by Gasteiger charge is -2.35. The Morgan fingerprint density at radius 1 is 1.06 bits per heavy atom. The van der Waals surface area contributed by atoms with Crippen LogP contribution >= 0.6 is 11.6 Å². The number of ether oxygens (including phenoxy) is 1. The number of carbonyl (C=O) groups excluding carboxylic acids is 2. The van der Waals surface area contributed by atoms with Crippen molar-refractivity contribution in [1.82, 2.24) is 15.1 Å². The van der Waals surface area contributed by atoms with Crippen LogP contribution in [0, 0.1) is 12.8 Å². The number of morpholine rings is 1. The second kappa shape index (κ2) is 11.1. The standard InChI is InChI=1S/C26H32ClN3O3/c1-19-4-6-20(7-5-19)24(18-29-13-15-33-16-14-29)28-25(31)22-3-2-12-30(17-22)26(32)21-8-10-23(27)11-9-21/h4-11,22,24H,2-3,12-18H2,1H3,(H,28,31)/t22-,24-/m1/s1. The van der Waals surface area contributed by atoms with Crippen LogP contribution in [0.2, 0.25) is 5.02 Å². The van der Waals surface area contributed by atoms with Crippen LogP contribution in [-0.4, -0.2) is 67.6 Å². The summed E-state index contributed by atoms with van der Waals surface area (Å²) in [6, 6.07) is 15.2. The molecule has 0 bridgehead atoms. The molecule has 176 valence electrons. The third-order valence-electron chi connectivity index (χ3n) is 6.51. The number of likely N-dealkylation sites (tertiary alicyclic amines) is 1. The number of piperidine rings is 1. The van der Waals surface area contributed by atoms with E-state index in [2.05, 4.69) is 41.4 Å². The first-order valence-corrected chi connectivity index (χ1v) is 12.1. The van der Waals surface area contributed by atoms with E-state index in [1.807, 2.05) is 0 Å². The molecule has 2 saturated heterocycles. The maximum absolute atomic E-state index is 13.3. The molecule has 0 saturated carbocycles. The first-order chi connectivity index (χ1) is 16.0. The van der Waals surface area contributed by atoms with E-state index < -0.39 is 0 Å². The topological polar surface area (TPSA) is 61.9 Å². The number of nitrogens with one attached hydrogen (secondary N) is 1. The molecule has 0 unspecified atom stereocenters. The van der Waals surface area contributed by atoms with Crippen molar-refractivity contribution in [3.05, 3.63) is 70.2 Å². The molecule has 7 heteroatoms. The summed E-state index contributed by atoms with van der Waals surface area (Å²) in [4.78, 5) is 30.4. The van der Waals surface area contributed by atoms with Crippen LogP contribution in [0.1, 0.15) is 40.4 Å². The fourth-order valence-electron chi connectivity index (χ4n) is 4.52. The molecule has 2 aliphatic heterocycles. The lowest BCUT2D eigenvalue weighted by Crippen LogP contribution is -2.48. The molecule has 1 N–H and O–H groups in total. The second-order valence-electron chi connectivity index (χ2n) is 8.98. The molecule has 2 aromatic carbocycles. The number of nitrogens with zero attached hydrogens (tertiary/aromatic N) is 2. The van der Waals surface area contributed by atoms with Gasteiger partial charge in [0, 0.05) is 43.3 Å². The van der Waals surface area contributed by atoms with Gasteiger partial charge in [-0.15, -0.1) is 0 Å². The lowest BCUT2D eigenvalue weighted by atomic mass is 9.95. The van der Waals surface area contributed by atoms with Crippen LogP contribution in [0.25, 0.3) is 0 Å². The molecule has 2 aromatic rings. The number of amides is 2. The minimum Gasteiger partial charge on any atom is -0.379 e. The van der Waals surface area contributed by atoms with Crippen LogP contribution in [0.3, 0.4) is 0 Å². The van der Waals surface area contributed by atoms with Crippen molar-refractivity contribution < 1.29 is 14.3 Å². The summed E-state index contributed by atoms with van der Waals surface area (Å²) in [7, 11) is 0. The normalized spacial score (nSPS) is 20.3. The molecule has 2 aliphatic rings. The second-order valence-corrected chi connectivity index (χ2v) is 9.42. The van der Waals surface area contributed by atoms with E-state index in [1.54, 1.807) is 29.2 Å². The van der Waals surface area contributed by atoms with Crippen molar-refractivity contribution in [1.29, 1.82) is 0 Å². The van der Waals surface area contributed by atoms with E-state index in [1.165, 1.54) is 5.56 Å². The minimum absolute atomic E-state index is 0.0161. The molecule has 6 nitrogen and oxygen atoms in total. The van der Waals surface area contributed by atoms with Gasteiger partial charge in [0.1, 0.15) is 0 Å². The highest BCUT2D eigenvalue weighted by molar-refractivity contribution is 6.30. The SMILES string of the molecule is Cc1ccc([C@@H](CN2CCOCC2)NC(=O)[C@@H]2CCCN(C(=O)c3ccc(Cl)cc3)C2)cc1. The molecule has 2 heterocycles. The Labute approximate surface area is 200 Å². The van der Waals surface area contributed by atoms with Crippen molar-refractivity contribution in [2.75, 3.05) is 45.9 Å². The third kappa shape index (κ3) is 6.34. The van der Waals surface area contributed by atoms with Crippen LogP contribution in [0.5, 0.6) is 0 Å². The molecule has 2 atom stereocenters. The van der Waals surface area contributed by atoms with Crippen LogP contribution < -0.4 is 5.32 Å². The van der Waals surface area contributed by atoms with Gasteiger partial charge in [-0.05, 0) is 49.6 Å². The molecular weight excluding hydrogens is 438 g/mol.